The Balaban J connectivity index is 1.95. The highest BCUT2D eigenvalue weighted by molar-refractivity contribution is 6.32. The van der Waals surface area contributed by atoms with Crippen molar-refractivity contribution in [1.29, 1.82) is 0 Å². The van der Waals surface area contributed by atoms with Gasteiger partial charge in [-0.15, -0.1) is 0 Å². The summed E-state index contributed by atoms with van der Waals surface area (Å²) in [6, 6.07) is 3.56. The fraction of sp³-hybridized carbons (Fsp3) is 0.500. The smallest absolute Gasteiger partial charge is 0.234 e. The molecule has 0 radical (unpaired) electrons. The van der Waals surface area contributed by atoms with Crippen LogP contribution >= 0.6 is 11.6 Å². The first-order valence-corrected chi connectivity index (χ1v) is 7.29. The largest absolute Gasteiger partial charge is 0.338 e. The normalized spacial score (nSPS) is 22.3. The molecule has 1 N–H and O–H groups in total. The number of hydrogen-bond donors (Lipinski definition) is 1. The third-order valence-corrected chi connectivity index (χ3v) is 4.13. The topological polar surface area (TPSA) is 63.8 Å². The second kappa shape index (κ2) is 5.50. The molecular weight excluding hydrogens is 276 g/mol. The van der Waals surface area contributed by atoms with Gasteiger partial charge in [0.1, 0.15) is 5.69 Å². The van der Waals surface area contributed by atoms with Crippen LogP contribution in [0, 0.1) is 0 Å². The van der Waals surface area contributed by atoms with Gasteiger partial charge in [-0.2, -0.15) is 4.98 Å². The molecule has 2 aromatic rings. The summed E-state index contributed by atoms with van der Waals surface area (Å²) in [7, 11) is 0. The first-order chi connectivity index (χ1) is 9.75. The van der Waals surface area contributed by atoms with Gasteiger partial charge in [0, 0.05) is 12.7 Å². The molecular formula is C14H17ClN4O. The fourth-order valence-corrected chi connectivity index (χ4v) is 3.02. The number of nitrogens with zero attached hydrogens (tertiary/aromatic N) is 3. The zero-order valence-electron chi connectivity index (χ0n) is 11.4. The van der Waals surface area contributed by atoms with Gasteiger partial charge in [0.05, 0.1) is 10.4 Å². The van der Waals surface area contributed by atoms with E-state index in [4.69, 9.17) is 16.1 Å². The van der Waals surface area contributed by atoms with Crippen LogP contribution in [0.1, 0.15) is 32.1 Å². The molecule has 1 fully saturated rings. The van der Waals surface area contributed by atoms with Crippen molar-refractivity contribution in [3.63, 3.8) is 0 Å². The predicted octanol–water partition coefficient (Wildman–Crippen LogP) is 2.82. The molecule has 3 heterocycles. The van der Waals surface area contributed by atoms with E-state index >= 15 is 0 Å². The van der Waals surface area contributed by atoms with Gasteiger partial charge in [0.2, 0.25) is 11.7 Å². The lowest BCUT2D eigenvalue weighted by molar-refractivity contribution is 0.277. The van der Waals surface area contributed by atoms with E-state index in [2.05, 4.69) is 27.4 Å². The minimum atomic E-state index is -0.0404. The zero-order valence-corrected chi connectivity index (χ0v) is 12.2. The third-order valence-electron chi connectivity index (χ3n) is 3.82. The van der Waals surface area contributed by atoms with E-state index in [-0.39, 0.29) is 5.41 Å². The quantitative estimate of drug-likeness (QED) is 0.939. The van der Waals surface area contributed by atoms with Crippen LogP contribution in [-0.4, -0.2) is 28.2 Å². The number of halogens is 1. The molecule has 1 saturated heterocycles. The van der Waals surface area contributed by atoms with Gasteiger partial charge in [-0.1, -0.05) is 30.1 Å². The van der Waals surface area contributed by atoms with E-state index in [9.17, 15) is 0 Å². The van der Waals surface area contributed by atoms with Gasteiger partial charge in [-0.05, 0) is 31.5 Å². The molecule has 1 atom stereocenters. The summed E-state index contributed by atoms with van der Waals surface area (Å²) in [5.74, 6) is 1.16. The molecule has 106 valence electrons. The molecule has 1 aliphatic rings. The van der Waals surface area contributed by atoms with E-state index in [0.717, 1.165) is 32.4 Å². The number of pyridine rings is 1. The predicted molar refractivity (Wildman–Crippen MR) is 76.6 cm³/mol. The SMILES string of the molecule is CCCC1(c2nc(-c3ncccc3Cl)no2)CCNC1. The average Bonchev–Trinajstić information content (AvgIpc) is 3.09. The minimum absolute atomic E-state index is 0.0404. The lowest BCUT2D eigenvalue weighted by Crippen LogP contribution is -2.29. The third kappa shape index (κ3) is 2.31. The Morgan fingerprint density at radius 2 is 2.40 bits per heavy atom. The summed E-state index contributed by atoms with van der Waals surface area (Å²) in [6.45, 7) is 4.05. The van der Waals surface area contributed by atoms with Crippen molar-refractivity contribution in [2.75, 3.05) is 13.1 Å². The molecule has 6 heteroatoms. The Bertz CT molecular complexity index is 592. The Hall–Kier alpha value is -1.46. The van der Waals surface area contributed by atoms with Crippen LogP contribution in [0.2, 0.25) is 5.02 Å². The van der Waals surface area contributed by atoms with Crippen LogP contribution in [0.4, 0.5) is 0 Å². The van der Waals surface area contributed by atoms with Crippen LogP contribution in [0.3, 0.4) is 0 Å². The second-order valence-corrected chi connectivity index (χ2v) is 5.62. The summed E-state index contributed by atoms with van der Waals surface area (Å²) < 4.78 is 5.51. The number of hydrogen-bond acceptors (Lipinski definition) is 5. The molecule has 0 amide bonds. The lowest BCUT2D eigenvalue weighted by Gasteiger charge is -2.22. The van der Waals surface area contributed by atoms with E-state index in [1.165, 1.54) is 0 Å². The van der Waals surface area contributed by atoms with Crippen LogP contribution in [-0.2, 0) is 5.41 Å². The highest BCUT2D eigenvalue weighted by atomic mass is 35.5. The summed E-state index contributed by atoms with van der Waals surface area (Å²) >= 11 is 6.13. The van der Waals surface area contributed by atoms with Crippen LogP contribution in [0.5, 0.6) is 0 Å². The molecule has 20 heavy (non-hydrogen) atoms. The maximum Gasteiger partial charge on any atom is 0.234 e. The Morgan fingerprint density at radius 3 is 3.10 bits per heavy atom. The fourth-order valence-electron chi connectivity index (χ4n) is 2.81. The van der Waals surface area contributed by atoms with Crippen molar-refractivity contribution < 1.29 is 4.52 Å². The van der Waals surface area contributed by atoms with Crippen molar-refractivity contribution in [1.82, 2.24) is 20.4 Å². The summed E-state index contributed by atoms with van der Waals surface area (Å²) in [5.41, 5.74) is 0.531. The van der Waals surface area contributed by atoms with Crippen molar-refractivity contribution >= 4 is 11.6 Å². The molecule has 0 bridgehead atoms. The van der Waals surface area contributed by atoms with E-state index in [0.29, 0.717) is 22.4 Å². The molecule has 1 unspecified atom stereocenters. The summed E-state index contributed by atoms with van der Waals surface area (Å²) in [5, 5.41) is 7.98. The van der Waals surface area contributed by atoms with Crippen molar-refractivity contribution in [2.45, 2.75) is 31.6 Å². The summed E-state index contributed by atoms with van der Waals surface area (Å²) in [4.78, 5) is 8.77. The maximum absolute atomic E-state index is 6.13. The number of nitrogens with one attached hydrogen (secondary N) is 1. The molecule has 5 nitrogen and oxygen atoms in total. The number of rotatable bonds is 4. The Kier molecular flexibility index (Phi) is 3.72. The van der Waals surface area contributed by atoms with Crippen LogP contribution < -0.4 is 5.32 Å². The lowest BCUT2D eigenvalue weighted by atomic mass is 9.82. The van der Waals surface area contributed by atoms with Crippen LogP contribution in [0.25, 0.3) is 11.5 Å². The van der Waals surface area contributed by atoms with Gasteiger partial charge >= 0.3 is 0 Å². The molecule has 3 rings (SSSR count). The molecule has 1 aliphatic heterocycles. The monoisotopic (exact) mass is 292 g/mol. The van der Waals surface area contributed by atoms with Gasteiger partial charge in [-0.25, -0.2) is 0 Å². The Labute approximate surface area is 122 Å². The van der Waals surface area contributed by atoms with Crippen LogP contribution in [0.15, 0.2) is 22.9 Å². The second-order valence-electron chi connectivity index (χ2n) is 5.21. The molecule has 0 aromatic carbocycles. The maximum atomic E-state index is 6.13. The number of aromatic nitrogens is 3. The van der Waals surface area contributed by atoms with Crippen molar-refractivity contribution in [3.05, 3.63) is 29.2 Å². The first-order valence-electron chi connectivity index (χ1n) is 6.91. The molecule has 2 aromatic heterocycles. The summed E-state index contributed by atoms with van der Waals surface area (Å²) in [6.07, 6.45) is 4.83. The van der Waals surface area contributed by atoms with Gasteiger partial charge in [0.25, 0.3) is 0 Å². The molecule has 0 spiro atoms. The molecule has 0 aliphatic carbocycles. The van der Waals surface area contributed by atoms with Gasteiger partial charge in [-0.3, -0.25) is 4.98 Å². The van der Waals surface area contributed by atoms with Crippen molar-refractivity contribution in [2.24, 2.45) is 0 Å². The average molecular weight is 293 g/mol. The van der Waals surface area contributed by atoms with E-state index in [1.807, 2.05) is 0 Å². The van der Waals surface area contributed by atoms with E-state index < -0.39 is 0 Å². The Morgan fingerprint density at radius 1 is 1.50 bits per heavy atom. The standard InChI is InChI=1S/C14H17ClN4O/c1-2-5-14(6-8-16-9-14)13-18-12(19-20-13)11-10(15)4-3-7-17-11/h3-4,7,16H,2,5-6,8-9H2,1H3. The van der Waals surface area contributed by atoms with Gasteiger partial charge in [0.15, 0.2) is 0 Å². The van der Waals surface area contributed by atoms with Crippen molar-refractivity contribution in [3.8, 4) is 11.5 Å². The first kappa shape index (κ1) is 13.5. The highest BCUT2D eigenvalue weighted by Crippen LogP contribution is 2.35. The van der Waals surface area contributed by atoms with E-state index in [1.54, 1.807) is 18.3 Å². The minimum Gasteiger partial charge on any atom is -0.338 e. The highest BCUT2D eigenvalue weighted by Gasteiger charge is 2.40. The molecule has 0 saturated carbocycles. The van der Waals surface area contributed by atoms with Gasteiger partial charge < -0.3 is 9.84 Å². The zero-order chi connectivity index (χ0) is 14.0.